The summed E-state index contributed by atoms with van der Waals surface area (Å²) >= 11 is 0. The lowest BCUT2D eigenvalue weighted by molar-refractivity contribution is 0.416. The maximum atomic E-state index is 14.0. The number of ether oxygens (including phenoxy) is 1. The van der Waals surface area contributed by atoms with E-state index in [9.17, 15) is 4.39 Å². The van der Waals surface area contributed by atoms with E-state index in [-0.39, 0.29) is 5.88 Å². The Kier molecular flexibility index (Phi) is 3.84. The van der Waals surface area contributed by atoms with Crippen LogP contribution in [0.25, 0.3) is 0 Å². The molecule has 0 unspecified atom stereocenters. The number of hydrogen-bond donors (Lipinski definition) is 1. The number of halogens is 1. The smallest absolute Gasteiger partial charge is 0.256 e. The molecule has 0 aliphatic carbocycles. The van der Waals surface area contributed by atoms with Crippen molar-refractivity contribution in [2.45, 2.75) is 13.5 Å². The average molecular weight is 247 g/mol. The first-order valence-electron chi connectivity index (χ1n) is 5.59. The maximum Gasteiger partial charge on any atom is 0.256 e. The second kappa shape index (κ2) is 5.55. The molecular formula is C13H14FN3O. The summed E-state index contributed by atoms with van der Waals surface area (Å²) in [7, 11) is 1.75. The largest absolute Gasteiger partial charge is 0.435 e. The van der Waals surface area contributed by atoms with Crippen molar-refractivity contribution in [3.05, 3.63) is 47.7 Å². The van der Waals surface area contributed by atoms with E-state index in [1.807, 2.05) is 6.92 Å². The van der Waals surface area contributed by atoms with Crippen molar-refractivity contribution in [2.24, 2.45) is 0 Å². The molecule has 18 heavy (non-hydrogen) atoms. The molecule has 2 aromatic heterocycles. The fourth-order valence-electron chi connectivity index (χ4n) is 1.49. The maximum absolute atomic E-state index is 14.0. The fourth-order valence-corrected chi connectivity index (χ4v) is 1.49. The monoisotopic (exact) mass is 247 g/mol. The van der Waals surface area contributed by atoms with E-state index in [1.54, 1.807) is 31.4 Å². The van der Waals surface area contributed by atoms with Crippen LogP contribution >= 0.6 is 0 Å². The van der Waals surface area contributed by atoms with Gasteiger partial charge in [0.2, 0.25) is 0 Å². The molecule has 0 aliphatic rings. The van der Waals surface area contributed by atoms with Gasteiger partial charge in [-0.3, -0.25) is 4.98 Å². The van der Waals surface area contributed by atoms with Gasteiger partial charge < -0.3 is 10.1 Å². The molecule has 0 amide bonds. The van der Waals surface area contributed by atoms with E-state index in [2.05, 4.69) is 15.3 Å². The predicted molar refractivity (Wildman–Crippen MR) is 66.0 cm³/mol. The zero-order chi connectivity index (χ0) is 13.0. The van der Waals surface area contributed by atoms with E-state index in [1.165, 1.54) is 6.20 Å². The molecule has 2 rings (SSSR count). The number of hydrogen-bond acceptors (Lipinski definition) is 4. The summed E-state index contributed by atoms with van der Waals surface area (Å²) in [5, 5.41) is 2.89. The highest BCUT2D eigenvalue weighted by Crippen LogP contribution is 2.23. The zero-order valence-corrected chi connectivity index (χ0v) is 10.3. The molecule has 4 nitrogen and oxygen atoms in total. The molecule has 0 spiro atoms. The minimum Gasteiger partial charge on any atom is -0.435 e. The zero-order valence-electron chi connectivity index (χ0n) is 10.3. The van der Waals surface area contributed by atoms with Gasteiger partial charge in [-0.15, -0.1) is 0 Å². The summed E-state index contributed by atoms with van der Waals surface area (Å²) in [5.41, 5.74) is 1.39. The molecule has 0 saturated carbocycles. The van der Waals surface area contributed by atoms with Gasteiger partial charge >= 0.3 is 0 Å². The Balaban J connectivity index is 2.23. The van der Waals surface area contributed by atoms with Crippen molar-refractivity contribution in [2.75, 3.05) is 7.05 Å². The van der Waals surface area contributed by atoms with Crippen molar-refractivity contribution in [3.8, 4) is 11.6 Å². The lowest BCUT2D eigenvalue weighted by Crippen LogP contribution is -2.08. The minimum atomic E-state index is -0.451. The van der Waals surface area contributed by atoms with Crippen LogP contribution in [0.1, 0.15) is 11.3 Å². The van der Waals surface area contributed by atoms with Crippen LogP contribution in [0, 0.1) is 12.7 Å². The lowest BCUT2D eigenvalue weighted by Gasteiger charge is -2.08. The molecule has 0 aliphatic heterocycles. The Morgan fingerprint density at radius 2 is 2.11 bits per heavy atom. The highest BCUT2D eigenvalue weighted by molar-refractivity contribution is 5.29. The van der Waals surface area contributed by atoms with Crippen molar-refractivity contribution in [3.63, 3.8) is 0 Å². The summed E-state index contributed by atoms with van der Waals surface area (Å²) in [6, 6.07) is 5.14. The molecule has 0 atom stereocenters. The number of rotatable bonds is 4. The summed E-state index contributed by atoms with van der Waals surface area (Å²) in [6.45, 7) is 2.30. The normalized spacial score (nSPS) is 10.4. The Labute approximate surface area is 105 Å². The second-order valence-electron chi connectivity index (χ2n) is 3.86. The van der Waals surface area contributed by atoms with Gasteiger partial charge in [0, 0.05) is 24.0 Å². The highest BCUT2D eigenvalue weighted by atomic mass is 19.1. The van der Waals surface area contributed by atoms with Crippen LogP contribution < -0.4 is 10.1 Å². The summed E-state index contributed by atoms with van der Waals surface area (Å²) in [5.74, 6) is -0.0190. The van der Waals surface area contributed by atoms with E-state index in [0.717, 1.165) is 5.69 Å². The Morgan fingerprint density at radius 3 is 2.78 bits per heavy atom. The fraction of sp³-hybridized carbons (Fsp3) is 0.231. The van der Waals surface area contributed by atoms with Crippen molar-refractivity contribution in [1.29, 1.82) is 0 Å². The summed E-state index contributed by atoms with van der Waals surface area (Å²) in [6.07, 6.45) is 3.06. The van der Waals surface area contributed by atoms with E-state index < -0.39 is 5.82 Å². The molecule has 0 radical (unpaired) electrons. The van der Waals surface area contributed by atoms with Crippen molar-refractivity contribution >= 4 is 0 Å². The van der Waals surface area contributed by atoms with Crippen LogP contribution in [-0.2, 0) is 6.54 Å². The Morgan fingerprint density at radius 1 is 1.28 bits per heavy atom. The van der Waals surface area contributed by atoms with Crippen molar-refractivity contribution < 1.29 is 9.13 Å². The van der Waals surface area contributed by atoms with E-state index in [4.69, 9.17) is 4.74 Å². The number of pyridine rings is 2. The van der Waals surface area contributed by atoms with Crippen molar-refractivity contribution in [1.82, 2.24) is 15.3 Å². The van der Waals surface area contributed by atoms with Gasteiger partial charge in [-0.25, -0.2) is 9.37 Å². The summed E-state index contributed by atoms with van der Waals surface area (Å²) in [4.78, 5) is 7.96. The topological polar surface area (TPSA) is 47.0 Å². The molecule has 0 aromatic carbocycles. The molecule has 0 saturated heterocycles. The van der Waals surface area contributed by atoms with Crippen LogP contribution in [0.2, 0.25) is 0 Å². The van der Waals surface area contributed by atoms with E-state index >= 15 is 0 Å². The minimum absolute atomic E-state index is 0.0339. The predicted octanol–water partition coefficient (Wildman–Crippen LogP) is 2.44. The van der Waals surface area contributed by atoms with Crippen LogP contribution in [0.3, 0.4) is 0 Å². The number of aryl methyl sites for hydroxylation is 1. The third-order valence-corrected chi connectivity index (χ3v) is 2.40. The Bertz CT molecular complexity index is 528. The number of nitrogens with one attached hydrogen (secondary N) is 1. The van der Waals surface area contributed by atoms with Crippen LogP contribution in [0.15, 0.2) is 30.6 Å². The van der Waals surface area contributed by atoms with Gasteiger partial charge in [0.15, 0.2) is 5.82 Å². The lowest BCUT2D eigenvalue weighted by atomic mass is 10.2. The standard InChI is InChI=1S/C13H14FN3O/c1-9-3-4-11(8-17-9)18-13-12(14)10(7-15-2)5-6-16-13/h3-6,8,15H,7H2,1-2H3. The van der Waals surface area contributed by atoms with Gasteiger partial charge in [-0.2, -0.15) is 0 Å². The SMILES string of the molecule is CNCc1ccnc(Oc2ccc(C)nc2)c1F. The molecule has 0 fully saturated rings. The first-order valence-corrected chi connectivity index (χ1v) is 5.59. The first kappa shape index (κ1) is 12.4. The van der Waals surface area contributed by atoms with Crippen LogP contribution in [-0.4, -0.2) is 17.0 Å². The second-order valence-corrected chi connectivity index (χ2v) is 3.86. The first-order chi connectivity index (χ1) is 8.70. The molecule has 1 N–H and O–H groups in total. The molecule has 2 aromatic rings. The van der Waals surface area contributed by atoms with Gasteiger partial charge in [0.05, 0.1) is 6.20 Å². The van der Waals surface area contributed by atoms with Crippen LogP contribution in [0.4, 0.5) is 4.39 Å². The highest BCUT2D eigenvalue weighted by Gasteiger charge is 2.11. The van der Waals surface area contributed by atoms with Gasteiger partial charge in [-0.05, 0) is 32.2 Å². The molecule has 94 valence electrons. The number of nitrogens with zero attached hydrogens (tertiary/aromatic N) is 2. The van der Waals surface area contributed by atoms with Crippen LogP contribution in [0.5, 0.6) is 11.6 Å². The summed E-state index contributed by atoms with van der Waals surface area (Å²) < 4.78 is 19.4. The van der Waals surface area contributed by atoms with E-state index in [0.29, 0.717) is 17.9 Å². The average Bonchev–Trinajstić information content (AvgIpc) is 2.37. The van der Waals surface area contributed by atoms with Gasteiger partial charge in [0.25, 0.3) is 5.88 Å². The Hall–Kier alpha value is -2.01. The van der Waals surface area contributed by atoms with Gasteiger partial charge in [0.1, 0.15) is 5.75 Å². The third-order valence-electron chi connectivity index (χ3n) is 2.40. The molecule has 2 heterocycles. The number of aromatic nitrogens is 2. The molecule has 0 bridgehead atoms. The molecule has 5 heteroatoms. The quantitative estimate of drug-likeness (QED) is 0.901. The molecular weight excluding hydrogens is 233 g/mol. The third kappa shape index (κ3) is 2.81. The van der Waals surface area contributed by atoms with Gasteiger partial charge in [-0.1, -0.05) is 0 Å².